The van der Waals surface area contributed by atoms with Gasteiger partial charge < -0.3 is 5.32 Å². The van der Waals surface area contributed by atoms with Crippen LogP contribution in [0, 0.1) is 5.82 Å². The van der Waals surface area contributed by atoms with Crippen LogP contribution in [0.15, 0.2) is 18.3 Å². The fourth-order valence-electron chi connectivity index (χ4n) is 1.02. The molecule has 0 aliphatic carbocycles. The minimum Gasteiger partial charge on any atom is -0.347 e. The van der Waals surface area contributed by atoms with E-state index in [1.165, 1.54) is 12.1 Å². The smallest absolute Gasteiger partial charge is 0.270 e. The Morgan fingerprint density at radius 2 is 2.40 bits per heavy atom. The van der Waals surface area contributed by atoms with Gasteiger partial charge in [-0.2, -0.15) is 0 Å². The van der Waals surface area contributed by atoms with Gasteiger partial charge in [0, 0.05) is 11.4 Å². The number of carbonyl (C=O) groups is 1. The normalized spacial score (nSPS) is 12.2. The molecular formula is C10H12BrFN2O. The first-order valence-corrected chi connectivity index (χ1v) is 5.78. The third-order valence-electron chi connectivity index (χ3n) is 1.97. The number of nitrogens with one attached hydrogen (secondary N) is 1. The lowest BCUT2D eigenvalue weighted by atomic mass is 10.2. The van der Waals surface area contributed by atoms with Crippen LogP contribution in [-0.2, 0) is 0 Å². The maximum atomic E-state index is 12.5. The van der Waals surface area contributed by atoms with Gasteiger partial charge >= 0.3 is 0 Å². The summed E-state index contributed by atoms with van der Waals surface area (Å²) >= 11 is 3.29. The van der Waals surface area contributed by atoms with Gasteiger partial charge in [-0.1, -0.05) is 22.9 Å². The fraction of sp³-hybridized carbons (Fsp3) is 0.400. The van der Waals surface area contributed by atoms with Crippen molar-refractivity contribution in [2.75, 3.05) is 5.33 Å². The summed E-state index contributed by atoms with van der Waals surface area (Å²) in [6, 6.07) is 2.66. The van der Waals surface area contributed by atoms with Gasteiger partial charge in [-0.15, -0.1) is 0 Å². The summed E-state index contributed by atoms with van der Waals surface area (Å²) in [5.74, 6) is -0.722. The average Bonchev–Trinajstić information content (AvgIpc) is 2.26. The molecule has 1 rings (SSSR count). The molecule has 0 fully saturated rings. The van der Waals surface area contributed by atoms with E-state index in [2.05, 4.69) is 26.2 Å². The summed E-state index contributed by atoms with van der Waals surface area (Å²) in [5.41, 5.74) is 0.232. The van der Waals surface area contributed by atoms with E-state index < -0.39 is 5.82 Å². The van der Waals surface area contributed by atoms with E-state index in [9.17, 15) is 9.18 Å². The molecule has 1 heterocycles. The van der Waals surface area contributed by atoms with Crippen molar-refractivity contribution >= 4 is 21.8 Å². The Balaban J connectivity index is 2.64. The molecule has 82 valence electrons. The molecule has 1 atom stereocenters. The van der Waals surface area contributed by atoms with E-state index in [4.69, 9.17) is 0 Å². The predicted molar refractivity (Wildman–Crippen MR) is 59.5 cm³/mol. The van der Waals surface area contributed by atoms with Crippen LogP contribution in [0.1, 0.15) is 23.8 Å². The SMILES string of the molecule is CCC(CBr)NC(=O)c1ccc(F)cn1. The molecule has 15 heavy (non-hydrogen) atoms. The quantitative estimate of drug-likeness (QED) is 0.855. The second kappa shape index (κ2) is 5.80. The second-order valence-corrected chi connectivity index (χ2v) is 3.74. The summed E-state index contributed by atoms with van der Waals surface area (Å²) < 4.78 is 12.5. The van der Waals surface area contributed by atoms with E-state index in [0.29, 0.717) is 5.33 Å². The van der Waals surface area contributed by atoms with Crippen LogP contribution in [0.4, 0.5) is 4.39 Å². The lowest BCUT2D eigenvalue weighted by molar-refractivity contribution is 0.0935. The Morgan fingerprint density at radius 1 is 1.67 bits per heavy atom. The molecule has 0 aliphatic rings. The Kier molecular flexibility index (Phi) is 4.68. The topological polar surface area (TPSA) is 42.0 Å². The molecule has 0 aliphatic heterocycles. The highest BCUT2D eigenvalue weighted by Gasteiger charge is 2.11. The van der Waals surface area contributed by atoms with Crippen LogP contribution in [0.2, 0.25) is 0 Å². The van der Waals surface area contributed by atoms with E-state index in [1.807, 2.05) is 6.92 Å². The minimum atomic E-state index is -0.445. The molecular weight excluding hydrogens is 263 g/mol. The highest BCUT2D eigenvalue weighted by atomic mass is 79.9. The lowest BCUT2D eigenvalue weighted by Gasteiger charge is -2.13. The maximum absolute atomic E-state index is 12.5. The number of halogens is 2. The molecule has 1 N–H and O–H groups in total. The zero-order valence-electron chi connectivity index (χ0n) is 8.34. The van der Waals surface area contributed by atoms with Gasteiger partial charge in [0.2, 0.25) is 0 Å². The summed E-state index contributed by atoms with van der Waals surface area (Å²) in [4.78, 5) is 15.3. The number of alkyl halides is 1. The van der Waals surface area contributed by atoms with Crippen molar-refractivity contribution in [3.63, 3.8) is 0 Å². The highest BCUT2D eigenvalue weighted by molar-refractivity contribution is 9.09. The van der Waals surface area contributed by atoms with Crippen molar-refractivity contribution < 1.29 is 9.18 Å². The molecule has 0 bridgehead atoms. The zero-order chi connectivity index (χ0) is 11.3. The Morgan fingerprint density at radius 3 is 2.87 bits per heavy atom. The molecule has 3 nitrogen and oxygen atoms in total. The molecule has 1 unspecified atom stereocenters. The number of rotatable bonds is 4. The van der Waals surface area contributed by atoms with Gasteiger partial charge in [0.25, 0.3) is 5.91 Å². The summed E-state index contributed by atoms with van der Waals surface area (Å²) in [6.07, 6.45) is 1.86. The third-order valence-corrected chi connectivity index (χ3v) is 2.76. The summed E-state index contributed by atoms with van der Waals surface area (Å²) in [7, 11) is 0. The fourth-order valence-corrected chi connectivity index (χ4v) is 1.64. The Labute approximate surface area is 96.2 Å². The zero-order valence-corrected chi connectivity index (χ0v) is 9.92. The molecule has 5 heteroatoms. The van der Waals surface area contributed by atoms with Crippen LogP contribution >= 0.6 is 15.9 Å². The standard InChI is InChI=1S/C10H12BrFN2O/c1-2-8(5-11)14-10(15)9-4-3-7(12)6-13-9/h3-4,6,8H,2,5H2,1H3,(H,14,15). The first kappa shape index (κ1) is 12.1. The molecule has 1 aromatic rings. The number of amides is 1. The number of aromatic nitrogens is 1. The number of hydrogen-bond donors (Lipinski definition) is 1. The van der Waals surface area contributed by atoms with Crippen molar-refractivity contribution in [2.45, 2.75) is 19.4 Å². The van der Waals surface area contributed by atoms with Crippen molar-refractivity contribution in [1.29, 1.82) is 0 Å². The van der Waals surface area contributed by atoms with E-state index in [0.717, 1.165) is 12.6 Å². The largest absolute Gasteiger partial charge is 0.347 e. The van der Waals surface area contributed by atoms with Gasteiger partial charge in [0.05, 0.1) is 6.20 Å². The minimum absolute atomic E-state index is 0.0735. The second-order valence-electron chi connectivity index (χ2n) is 3.09. The van der Waals surface area contributed by atoms with Crippen LogP contribution in [-0.4, -0.2) is 22.3 Å². The van der Waals surface area contributed by atoms with Gasteiger partial charge in [-0.25, -0.2) is 9.37 Å². The van der Waals surface area contributed by atoms with Gasteiger partial charge in [0.1, 0.15) is 11.5 Å². The molecule has 0 saturated carbocycles. The van der Waals surface area contributed by atoms with Crippen molar-refractivity contribution in [1.82, 2.24) is 10.3 Å². The molecule has 0 aromatic carbocycles. The van der Waals surface area contributed by atoms with E-state index in [-0.39, 0.29) is 17.6 Å². The lowest BCUT2D eigenvalue weighted by Crippen LogP contribution is -2.35. The highest BCUT2D eigenvalue weighted by Crippen LogP contribution is 2.01. The van der Waals surface area contributed by atoms with Crippen LogP contribution in [0.5, 0.6) is 0 Å². The monoisotopic (exact) mass is 274 g/mol. The number of carbonyl (C=O) groups excluding carboxylic acids is 1. The Hall–Kier alpha value is -0.970. The molecule has 1 amide bonds. The van der Waals surface area contributed by atoms with Gasteiger partial charge in [0.15, 0.2) is 0 Å². The van der Waals surface area contributed by atoms with E-state index >= 15 is 0 Å². The Bertz CT molecular complexity index is 325. The number of pyridine rings is 1. The first-order chi connectivity index (χ1) is 7.17. The predicted octanol–water partition coefficient (Wildman–Crippen LogP) is 2.12. The van der Waals surface area contributed by atoms with E-state index in [1.54, 1.807) is 0 Å². The molecule has 1 aromatic heterocycles. The van der Waals surface area contributed by atoms with Crippen molar-refractivity contribution in [3.05, 3.63) is 29.8 Å². The summed E-state index contributed by atoms with van der Waals surface area (Å²) in [6.45, 7) is 1.98. The maximum Gasteiger partial charge on any atom is 0.270 e. The van der Waals surface area contributed by atoms with Crippen LogP contribution < -0.4 is 5.32 Å². The van der Waals surface area contributed by atoms with Crippen LogP contribution in [0.3, 0.4) is 0 Å². The third kappa shape index (κ3) is 3.58. The molecule has 0 radical (unpaired) electrons. The van der Waals surface area contributed by atoms with Gasteiger partial charge in [-0.05, 0) is 18.6 Å². The van der Waals surface area contributed by atoms with Gasteiger partial charge in [-0.3, -0.25) is 4.79 Å². The van der Waals surface area contributed by atoms with Crippen molar-refractivity contribution in [3.8, 4) is 0 Å². The average molecular weight is 275 g/mol. The molecule has 0 spiro atoms. The number of nitrogens with zero attached hydrogens (tertiary/aromatic N) is 1. The van der Waals surface area contributed by atoms with Crippen LogP contribution in [0.25, 0.3) is 0 Å². The van der Waals surface area contributed by atoms with Crippen molar-refractivity contribution in [2.24, 2.45) is 0 Å². The summed E-state index contributed by atoms with van der Waals surface area (Å²) in [5, 5.41) is 3.47. The number of hydrogen-bond acceptors (Lipinski definition) is 2. The molecule has 0 saturated heterocycles. The first-order valence-electron chi connectivity index (χ1n) is 4.65.